The van der Waals surface area contributed by atoms with E-state index in [2.05, 4.69) is 24.1 Å². The van der Waals surface area contributed by atoms with Gasteiger partial charge in [0.1, 0.15) is 0 Å². The molecule has 176 valence electrons. The maximum atomic E-state index is 13.3. The van der Waals surface area contributed by atoms with E-state index >= 15 is 0 Å². The van der Waals surface area contributed by atoms with Gasteiger partial charge in [-0.1, -0.05) is 39.2 Å². The average molecular weight is 450 g/mol. The van der Waals surface area contributed by atoms with Crippen LogP contribution < -0.4 is 5.32 Å². The van der Waals surface area contributed by atoms with Crippen LogP contribution in [0.25, 0.3) is 0 Å². The SMILES string of the molecule is CC1(C)CC(=O)c2c([C@H]3CCCN3C(=O)NC3CCCCC3)nn(Cc3ccccn3)c2C1. The molecule has 2 aromatic heterocycles. The summed E-state index contributed by atoms with van der Waals surface area (Å²) in [6.07, 6.45) is 10.6. The second-order valence-electron chi connectivity index (χ2n) is 10.8. The predicted molar refractivity (Wildman–Crippen MR) is 126 cm³/mol. The van der Waals surface area contributed by atoms with Crippen LogP contribution in [-0.2, 0) is 13.0 Å². The van der Waals surface area contributed by atoms with Gasteiger partial charge in [-0.2, -0.15) is 5.10 Å². The summed E-state index contributed by atoms with van der Waals surface area (Å²) in [7, 11) is 0. The molecule has 2 aliphatic carbocycles. The van der Waals surface area contributed by atoms with E-state index in [9.17, 15) is 9.59 Å². The third-order valence-corrected chi connectivity index (χ3v) is 7.45. The number of pyridine rings is 1. The minimum absolute atomic E-state index is 0.000939. The number of amides is 2. The Hall–Kier alpha value is -2.70. The number of rotatable bonds is 4. The van der Waals surface area contributed by atoms with Gasteiger partial charge in [0.15, 0.2) is 5.78 Å². The summed E-state index contributed by atoms with van der Waals surface area (Å²) < 4.78 is 1.97. The smallest absolute Gasteiger partial charge is 0.318 e. The summed E-state index contributed by atoms with van der Waals surface area (Å²) in [5.74, 6) is 0.156. The Morgan fingerprint density at radius 1 is 1.12 bits per heavy atom. The number of urea groups is 1. The molecule has 7 heteroatoms. The number of nitrogens with zero attached hydrogens (tertiary/aromatic N) is 4. The normalized spacial score (nSPS) is 22.9. The monoisotopic (exact) mass is 449 g/mol. The average Bonchev–Trinajstić information content (AvgIpc) is 3.40. The molecule has 33 heavy (non-hydrogen) atoms. The summed E-state index contributed by atoms with van der Waals surface area (Å²) in [6, 6.07) is 6.00. The lowest BCUT2D eigenvalue weighted by Gasteiger charge is -2.31. The van der Waals surface area contributed by atoms with E-state index in [-0.39, 0.29) is 29.3 Å². The fraction of sp³-hybridized carbons (Fsp3) is 0.615. The molecule has 3 heterocycles. The number of carbonyl (C=O) groups excluding carboxylic acids is 2. The quantitative estimate of drug-likeness (QED) is 0.736. The zero-order valence-corrected chi connectivity index (χ0v) is 19.8. The number of carbonyl (C=O) groups is 2. The molecule has 2 fully saturated rings. The highest BCUT2D eigenvalue weighted by atomic mass is 16.2. The van der Waals surface area contributed by atoms with Crippen LogP contribution >= 0.6 is 0 Å². The van der Waals surface area contributed by atoms with Gasteiger partial charge in [-0.25, -0.2) is 4.79 Å². The van der Waals surface area contributed by atoms with E-state index in [1.165, 1.54) is 19.3 Å². The van der Waals surface area contributed by atoms with Gasteiger partial charge < -0.3 is 10.2 Å². The second kappa shape index (κ2) is 8.92. The van der Waals surface area contributed by atoms with Crippen LogP contribution in [0.1, 0.15) is 98.7 Å². The molecule has 0 bridgehead atoms. The number of likely N-dealkylation sites (tertiary alicyclic amines) is 1. The number of hydrogen-bond donors (Lipinski definition) is 1. The molecule has 1 N–H and O–H groups in total. The lowest BCUT2D eigenvalue weighted by molar-refractivity contribution is 0.0907. The Labute approximate surface area is 195 Å². The standard InChI is InChI=1S/C26H35N5O2/c1-26(2)15-21-23(22(32)16-26)24(29-31(21)17-19-11-6-7-13-27-19)20-12-8-14-30(20)25(33)28-18-9-4-3-5-10-18/h6-7,11,13,18,20H,3-5,8-10,12,14-17H2,1-2H3,(H,28,33)/t20-/m1/s1. The van der Waals surface area contributed by atoms with Crippen LogP contribution in [-0.4, -0.2) is 44.1 Å². The highest BCUT2D eigenvalue weighted by Crippen LogP contribution is 2.41. The molecule has 1 saturated carbocycles. The van der Waals surface area contributed by atoms with Gasteiger partial charge >= 0.3 is 6.03 Å². The Kier molecular flexibility index (Phi) is 5.97. The molecule has 0 aromatic carbocycles. The molecule has 3 aliphatic rings. The van der Waals surface area contributed by atoms with Crippen molar-refractivity contribution in [2.45, 2.75) is 90.3 Å². The van der Waals surface area contributed by atoms with Gasteiger partial charge in [-0.15, -0.1) is 0 Å². The summed E-state index contributed by atoms with van der Waals surface area (Å²) in [5, 5.41) is 8.27. The van der Waals surface area contributed by atoms with E-state index in [1.54, 1.807) is 6.20 Å². The minimum Gasteiger partial charge on any atom is -0.335 e. The van der Waals surface area contributed by atoms with Gasteiger partial charge in [0.25, 0.3) is 0 Å². The zero-order chi connectivity index (χ0) is 23.0. The van der Waals surface area contributed by atoms with E-state index in [0.29, 0.717) is 19.5 Å². The van der Waals surface area contributed by atoms with Crippen molar-refractivity contribution in [2.75, 3.05) is 6.54 Å². The van der Waals surface area contributed by atoms with E-state index in [1.807, 2.05) is 27.8 Å². The van der Waals surface area contributed by atoms with Crippen molar-refractivity contribution in [1.29, 1.82) is 0 Å². The highest BCUT2D eigenvalue weighted by Gasteiger charge is 2.41. The van der Waals surface area contributed by atoms with Gasteiger partial charge in [-0.05, 0) is 49.7 Å². The Balaban J connectivity index is 1.46. The topological polar surface area (TPSA) is 80.1 Å². The van der Waals surface area contributed by atoms with Crippen molar-refractivity contribution >= 4 is 11.8 Å². The Bertz CT molecular complexity index is 1020. The van der Waals surface area contributed by atoms with Crippen LogP contribution in [0.3, 0.4) is 0 Å². The van der Waals surface area contributed by atoms with E-state index in [4.69, 9.17) is 5.10 Å². The summed E-state index contributed by atoms with van der Waals surface area (Å²) in [4.78, 5) is 33.0. The van der Waals surface area contributed by atoms with Crippen LogP contribution in [0.4, 0.5) is 4.79 Å². The molecule has 0 radical (unpaired) electrons. The molecule has 0 spiro atoms. The Morgan fingerprint density at radius 3 is 2.70 bits per heavy atom. The molecule has 1 atom stereocenters. The van der Waals surface area contributed by atoms with Gasteiger partial charge in [0.05, 0.1) is 35.2 Å². The summed E-state index contributed by atoms with van der Waals surface area (Å²) >= 11 is 0. The van der Waals surface area contributed by atoms with Crippen molar-refractivity contribution in [2.24, 2.45) is 5.41 Å². The molecule has 1 aliphatic heterocycles. The van der Waals surface area contributed by atoms with Gasteiger partial charge in [0.2, 0.25) is 0 Å². The molecule has 7 nitrogen and oxygen atoms in total. The molecule has 5 rings (SSSR count). The first-order valence-electron chi connectivity index (χ1n) is 12.5. The Morgan fingerprint density at radius 2 is 1.94 bits per heavy atom. The molecular formula is C26H35N5O2. The first-order valence-corrected chi connectivity index (χ1v) is 12.5. The number of ketones is 1. The largest absolute Gasteiger partial charge is 0.335 e. The summed E-state index contributed by atoms with van der Waals surface area (Å²) in [6.45, 7) is 5.54. The van der Waals surface area contributed by atoms with Crippen LogP contribution in [0.5, 0.6) is 0 Å². The van der Waals surface area contributed by atoms with Crippen molar-refractivity contribution in [3.05, 3.63) is 47.0 Å². The van der Waals surface area contributed by atoms with E-state index < -0.39 is 0 Å². The van der Waals surface area contributed by atoms with Crippen LogP contribution in [0, 0.1) is 5.41 Å². The maximum Gasteiger partial charge on any atom is 0.318 e. The first kappa shape index (κ1) is 22.1. The van der Waals surface area contributed by atoms with Crippen LogP contribution in [0.2, 0.25) is 0 Å². The highest BCUT2D eigenvalue weighted by molar-refractivity contribution is 6.00. The third kappa shape index (κ3) is 4.55. The number of nitrogens with one attached hydrogen (secondary N) is 1. The predicted octanol–water partition coefficient (Wildman–Crippen LogP) is 4.66. The second-order valence-corrected chi connectivity index (χ2v) is 10.8. The van der Waals surface area contributed by atoms with Crippen LogP contribution in [0.15, 0.2) is 24.4 Å². The number of Topliss-reactive ketones (excluding diaryl/α,β-unsaturated/α-hetero) is 1. The van der Waals surface area contributed by atoms with E-state index in [0.717, 1.165) is 54.7 Å². The molecule has 2 amide bonds. The van der Waals surface area contributed by atoms with Gasteiger partial charge in [-0.3, -0.25) is 14.5 Å². The summed E-state index contributed by atoms with van der Waals surface area (Å²) in [5.41, 5.74) is 3.36. The zero-order valence-electron chi connectivity index (χ0n) is 19.8. The fourth-order valence-corrected chi connectivity index (χ4v) is 5.85. The maximum absolute atomic E-state index is 13.3. The first-order chi connectivity index (χ1) is 15.9. The lowest BCUT2D eigenvalue weighted by atomic mass is 9.75. The fourth-order valence-electron chi connectivity index (χ4n) is 5.85. The minimum atomic E-state index is -0.141. The molecule has 1 saturated heterocycles. The van der Waals surface area contributed by atoms with Crippen molar-refractivity contribution in [1.82, 2.24) is 25.0 Å². The number of hydrogen-bond acceptors (Lipinski definition) is 4. The third-order valence-electron chi connectivity index (χ3n) is 7.45. The van der Waals surface area contributed by atoms with Gasteiger partial charge in [0, 0.05) is 25.2 Å². The van der Waals surface area contributed by atoms with Crippen molar-refractivity contribution < 1.29 is 9.59 Å². The number of aromatic nitrogens is 3. The lowest BCUT2D eigenvalue weighted by Crippen LogP contribution is -2.45. The molecular weight excluding hydrogens is 414 g/mol. The van der Waals surface area contributed by atoms with Crippen molar-refractivity contribution in [3.8, 4) is 0 Å². The van der Waals surface area contributed by atoms with Crippen molar-refractivity contribution in [3.63, 3.8) is 0 Å². The number of fused-ring (bicyclic) bond motifs is 1. The molecule has 0 unspecified atom stereocenters. The molecule has 2 aromatic rings.